The molecule has 12 heteroatoms. The van der Waals surface area contributed by atoms with E-state index in [0.29, 0.717) is 0 Å². The number of hydrogen-bond acceptors (Lipinski definition) is 4. The van der Waals surface area contributed by atoms with Crippen molar-refractivity contribution in [3.63, 3.8) is 0 Å². The predicted molar refractivity (Wildman–Crippen MR) is 117 cm³/mol. The highest BCUT2D eigenvalue weighted by molar-refractivity contribution is 7.14. The van der Waals surface area contributed by atoms with E-state index in [1.807, 2.05) is 0 Å². The van der Waals surface area contributed by atoms with Gasteiger partial charge in [-0.25, -0.2) is 0 Å². The number of rotatable bonds is 10. The molecule has 0 fully saturated rings. The molecule has 0 bridgehead atoms. The molecular weight excluding hydrogens is 397 g/mol. The monoisotopic (exact) mass is 432 g/mol. The minimum absolute atomic E-state index is 0.257. The third-order valence-corrected chi connectivity index (χ3v) is 37.4. The van der Waals surface area contributed by atoms with Gasteiger partial charge in [-0.1, -0.05) is 6.55 Å². The Kier molecular flexibility index (Phi) is 9.25. The second-order valence-corrected chi connectivity index (χ2v) is 34.3. The summed E-state index contributed by atoms with van der Waals surface area (Å²) in [6.07, 6.45) is 0. The first kappa shape index (κ1) is 22.6. The van der Waals surface area contributed by atoms with E-state index in [9.17, 15) is 0 Å². The van der Waals surface area contributed by atoms with Crippen molar-refractivity contribution in [1.29, 1.82) is 0 Å². The van der Waals surface area contributed by atoms with Crippen LogP contribution >= 0.6 is 0 Å². The van der Waals surface area contributed by atoms with Crippen LogP contribution in [0, 0.1) is 0 Å². The molecule has 0 aromatic heterocycles. The Bertz CT molecular complexity index is 313. The van der Waals surface area contributed by atoms with E-state index >= 15 is 0 Å². The fourth-order valence-electron chi connectivity index (χ4n) is 3.32. The van der Waals surface area contributed by atoms with Gasteiger partial charge in [0.05, 0.1) is 0 Å². The van der Waals surface area contributed by atoms with Crippen molar-refractivity contribution >= 4 is 75.2 Å². The third kappa shape index (κ3) is 5.86. The molecule has 0 radical (unpaired) electrons. The van der Waals surface area contributed by atoms with Gasteiger partial charge < -0.3 is 16.5 Å². The van der Waals surface area contributed by atoms with Gasteiger partial charge in [0.25, 0.3) is 0 Å². The largest absolute Gasteiger partial charge is 0.468 e. The van der Waals surface area contributed by atoms with E-state index in [-0.39, 0.29) is 3.91 Å². The van der Waals surface area contributed by atoms with Gasteiger partial charge in [-0.3, -0.25) is 0 Å². The van der Waals surface area contributed by atoms with E-state index in [2.05, 4.69) is 52.4 Å². The van der Waals surface area contributed by atoms with Crippen molar-refractivity contribution < 1.29 is 16.5 Å². The summed E-state index contributed by atoms with van der Waals surface area (Å²) >= 11 is 0. The van der Waals surface area contributed by atoms with Crippen LogP contribution in [0.4, 0.5) is 0 Å². The van der Waals surface area contributed by atoms with E-state index < -0.39 is 54.2 Å². The minimum atomic E-state index is -1.89. The summed E-state index contributed by atoms with van der Waals surface area (Å²) in [6.45, 7) is 18.8. The molecular formula is C9H36O4Si8. The van der Waals surface area contributed by atoms with E-state index in [1.165, 1.54) is 0 Å². The summed E-state index contributed by atoms with van der Waals surface area (Å²) in [6, 6.07) is 0. The molecule has 0 aromatic carbocycles. The molecule has 21 heavy (non-hydrogen) atoms. The maximum absolute atomic E-state index is 6.82. The average molecular weight is 433 g/mol. The zero-order valence-corrected chi connectivity index (χ0v) is 27.0. The summed E-state index contributed by atoms with van der Waals surface area (Å²) in [5, 5.41) is 0. The van der Waals surface area contributed by atoms with Crippen LogP contribution in [0.2, 0.25) is 56.3 Å². The van der Waals surface area contributed by atoms with Crippen LogP contribution in [0.5, 0.6) is 0 Å². The minimum Gasteiger partial charge on any atom is -0.468 e. The van der Waals surface area contributed by atoms with Gasteiger partial charge in [-0.05, 0) is 45.8 Å². The second-order valence-electron chi connectivity index (χ2n) is 7.62. The van der Waals surface area contributed by atoms with Crippen LogP contribution < -0.4 is 0 Å². The fraction of sp³-hybridized carbons (Fsp3) is 1.00. The Balaban J connectivity index is 5.87. The van der Waals surface area contributed by atoms with E-state index in [4.69, 9.17) is 16.5 Å². The quantitative estimate of drug-likeness (QED) is 0.388. The van der Waals surface area contributed by atoms with Crippen molar-refractivity contribution in [3.8, 4) is 0 Å². The predicted octanol–water partition coefficient (Wildman–Crippen LogP) is -1.65. The van der Waals surface area contributed by atoms with Crippen molar-refractivity contribution in [2.24, 2.45) is 0 Å². The summed E-state index contributed by atoms with van der Waals surface area (Å²) < 4.78 is 25.5. The van der Waals surface area contributed by atoms with Gasteiger partial charge in [-0.2, -0.15) is 0 Å². The smallest absolute Gasteiger partial charge is 0.177 e. The van der Waals surface area contributed by atoms with Crippen LogP contribution in [-0.4, -0.2) is 75.2 Å². The fourth-order valence-corrected chi connectivity index (χ4v) is 43.0. The molecule has 0 atom stereocenters. The van der Waals surface area contributed by atoms with E-state index in [0.717, 1.165) is 21.0 Å². The molecule has 0 spiro atoms. The third-order valence-electron chi connectivity index (χ3n) is 4.15. The maximum Gasteiger partial charge on any atom is 0.177 e. The summed E-state index contributed by atoms with van der Waals surface area (Å²) in [5.41, 5.74) is 0. The van der Waals surface area contributed by atoms with Crippen LogP contribution in [0.25, 0.3) is 0 Å². The van der Waals surface area contributed by atoms with Crippen molar-refractivity contribution in [1.82, 2.24) is 0 Å². The van der Waals surface area contributed by atoms with E-state index in [1.54, 1.807) is 0 Å². The van der Waals surface area contributed by atoms with Gasteiger partial charge >= 0.3 is 0 Å². The first-order valence-corrected chi connectivity index (χ1v) is 23.1. The molecule has 4 nitrogen and oxygen atoms in total. The standard InChI is InChI=1S/C9H36O4Si8/c1-16-12-20(5,6)9(17-10-14,18-11-15)21(7,8)13-19(2,3)4/h16-18H2,1-8,14-15H3. The molecule has 0 N–H and O–H groups in total. The Morgan fingerprint density at radius 3 is 1.52 bits per heavy atom. The molecule has 0 unspecified atom stereocenters. The summed E-state index contributed by atoms with van der Waals surface area (Å²) in [4.78, 5) is 0. The first-order chi connectivity index (χ1) is 9.39. The van der Waals surface area contributed by atoms with Crippen LogP contribution in [0.1, 0.15) is 0 Å². The summed E-state index contributed by atoms with van der Waals surface area (Å²) in [5.74, 6) is 0. The second kappa shape index (κ2) is 8.61. The molecule has 0 aromatic rings. The van der Waals surface area contributed by atoms with Crippen LogP contribution in [-0.2, 0) is 16.5 Å². The lowest BCUT2D eigenvalue weighted by atomic mass is 11.7. The Morgan fingerprint density at radius 2 is 1.24 bits per heavy atom. The maximum atomic E-state index is 6.82. The Hall–Kier alpha value is 1.58. The Morgan fingerprint density at radius 1 is 0.810 bits per heavy atom. The number of hydrogen-bond donors (Lipinski definition) is 0. The molecule has 0 saturated carbocycles. The first-order valence-electron chi connectivity index (χ1n) is 7.71. The lowest BCUT2D eigenvalue weighted by molar-refractivity contribution is 0.509. The zero-order valence-electron chi connectivity index (χ0n) is 15.8. The average Bonchev–Trinajstić information content (AvgIpc) is 2.24. The molecule has 128 valence electrons. The lowest BCUT2D eigenvalue weighted by Crippen LogP contribution is -2.68. The molecule has 0 heterocycles. The topological polar surface area (TPSA) is 36.9 Å². The van der Waals surface area contributed by atoms with Crippen molar-refractivity contribution in [2.75, 3.05) is 0 Å². The molecule has 0 aliphatic rings. The van der Waals surface area contributed by atoms with Gasteiger partial charge in [-0.15, -0.1) is 0 Å². The van der Waals surface area contributed by atoms with Gasteiger partial charge in [0.1, 0.15) is 50.3 Å². The lowest BCUT2D eigenvalue weighted by Gasteiger charge is -2.53. The van der Waals surface area contributed by atoms with Crippen LogP contribution in [0.3, 0.4) is 0 Å². The Labute approximate surface area is 147 Å². The normalized spacial score (nSPS) is 18.9. The SMILES string of the molecule is C[SiH2]O[Si](C)(C)C([SiH2]O[SiH3])([SiH2]O[SiH3])[Si](C)(C)O[Si](C)(C)C. The van der Waals surface area contributed by atoms with Crippen molar-refractivity contribution in [3.05, 3.63) is 0 Å². The molecule has 0 aliphatic carbocycles. The molecule has 0 rings (SSSR count). The van der Waals surface area contributed by atoms with Gasteiger partial charge in [0.15, 0.2) is 25.0 Å². The van der Waals surface area contributed by atoms with Gasteiger partial charge in [0.2, 0.25) is 0 Å². The highest BCUT2D eigenvalue weighted by Gasteiger charge is 2.61. The highest BCUT2D eigenvalue weighted by atomic mass is 28.5. The van der Waals surface area contributed by atoms with Crippen molar-refractivity contribution in [2.45, 2.75) is 56.3 Å². The zero-order chi connectivity index (χ0) is 16.9. The molecule has 0 saturated heterocycles. The highest BCUT2D eigenvalue weighted by Crippen LogP contribution is 2.46. The summed E-state index contributed by atoms with van der Waals surface area (Å²) in [7, 11) is -5.30. The molecule has 0 aliphatic heterocycles. The van der Waals surface area contributed by atoms with Crippen LogP contribution in [0.15, 0.2) is 0 Å². The molecule has 0 amide bonds. The van der Waals surface area contributed by atoms with Gasteiger partial charge in [0, 0.05) is 3.91 Å².